The molecule has 0 saturated carbocycles. The summed E-state index contributed by atoms with van der Waals surface area (Å²) in [5.74, 6) is -0.0887. The monoisotopic (exact) mass is 295 g/mol. The lowest BCUT2D eigenvalue weighted by molar-refractivity contribution is 0.326. The van der Waals surface area contributed by atoms with Crippen molar-refractivity contribution < 1.29 is 9.50 Å². The lowest BCUT2D eigenvalue weighted by Crippen LogP contribution is -2.22. The molecule has 1 N–H and O–H groups in total. The van der Waals surface area contributed by atoms with Gasteiger partial charge in [-0.2, -0.15) is 0 Å². The molecule has 0 heterocycles. The van der Waals surface area contributed by atoms with Crippen LogP contribution in [0.1, 0.15) is 17.2 Å². The first kappa shape index (κ1) is 14.5. The SMILES string of the molecule is CN(C)C(c1ccccc1F)c1c(O)ccc2ccccc12. The van der Waals surface area contributed by atoms with Crippen LogP contribution in [-0.2, 0) is 0 Å². The lowest BCUT2D eigenvalue weighted by atomic mass is 9.92. The Morgan fingerprint density at radius 3 is 2.32 bits per heavy atom. The number of phenols is 1. The van der Waals surface area contributed by atoms with Crippen LogP contribution < -0.4 is 0 Å². The molecule has 0 radical (unpaired) electrons. The van der Waals surface area contributed by atoms with E-state index < -0.39 is 0 Å². The van der Waals surface area contributed by atoms with Crippen molar-refractivity contribution in [3.8, 4) is 5.75 Å². The fourth-order valence-electron chi connectivity index (χ4n) is 2.96. The summed E-state index contributed by atoms with van der Waals surface area (Å²) in [6.07, 6.45) is 0. The van der Waals surface area contributed by atoms with E-state index in [1.54, 1.807) is 18.2 Å². The predicted octanol–water partition coefficient (Wildman–Crippen LogP) is 4.34. The number of benzene rings is 3. The molecule has 0 amide bonds. The zero-order valence-corrected chi connectivity index (χ0v) is 12.6. The van der Waals surface area contributed by atoms with Gasteiger partial charge in [0, 0.05) is 11.1 Å². The van der Waals surface area contributed by atoms with Crippen LogP contribution in [0.5, 0.6) is 5.75 Å². The zero-order chi connectivity index (χ0) is 15.7. The molecule has 22 heavy (non-hydrogen) atoms. The minimum absolute atomic E-state index is 0.181. The summed E-state index contributed by atoms with van der Waals surface area (Å²) >= 11 is 0. The highest BCUT2D eigenvalue weighted by Crippen LogP contribution is 2.38. The topological polar surface area (TPSA) is 23.5 Å². The first-order chi connectivity index (χ1) is 10.6. The maximum Gasteiger partial charge on any atom is 0.128 e. The largest absolute Gasteiger partial charge is 0.508 e. The van der Waals surface area contributed by atoms with Crippen molar-refractivity contribution in [3.63, 3.8) is 0 Å². The zero-order valence-electron chi connectivity index (χ0n) is 12.6. The van der Waals surface area contributed by atoms with Gasteiger partial charge in [0.1, 0.15) is 11.6 Å². The van der Waals surface area contributed by atoms with Crippen molar-refractivity contribution in [2.45, 2.75) is 6.04 Å². The summed E-state index contributed by atoms with van der Waals surface area (Å²) < 4.78 is 14.3. The maximum atomic E-state index is 14.3. The Morgan fingerprint density at radius 2 is 1.59 bits per heavy atom. The van der Waals surface area contributed by atoms with E-state index in [-0.39, 0.29) is 17.6 Å². The third-order valence-electron chi connectivity index (χ3n) is 3.94. The molecule has 3 rings (SSSR count). The molecular formula is C19H18FNO. The molecule has 0 saturated heterocycles. The Morgan fingerprint density at radius 1 is 0.909 bits per heavy atom. The normalized spacial score (nSPS) is 12.7. The second-order valence-corrected chi connectivity index (χ2v) is 5.61. The van der Waals surface area contributed by atoms with Crippen LogP contribution >= 0.6 is 0 Å². The quantitative estimate of drug-likeness (QED) is 0.777. The first-order valence-corrected chi connectivity index (χ1v) is 7.21. The summed E-state index contributed by atoms with van der Waals surface area (Å²) in [4.78, 5) is 1.92. The van der Waals surface area contributed by atoms with Crippen molar-refractivity contribution in [1.82, 2.24) is 4.90 Å². The van der Waals surface area contributed by atoms with Gasteiger partial charge in [-0.1, -0.05) is 48.5 Å². The molecule has 2 nitrogen and oxygen atoms in total. The number of rotatable bonds is 3. The van der Waals surface area contributed by atoms with Crippen LogP contribution in [0, 0.1) is 5.82 Å². The number of nitrogens with zero attached hydrogens (tertiary/aromatic N) is 1. The molecule has 3 heteroatoms. The van der Waals surface area contributed by atoms with Crippen LogP contribution in [0.4, 0.5) is 4.39 Å². The van der Waals surface area contributed by atoms with E-state index >= 15 is 0 Å². The number of phenolic OH excluding ortho intramolecular Hbond substituents is 1. The van der Waals surface area contributed by atoms with Gasteiger partial charge < -0.3 is 5.11 Å². The van der Waals surface area contributed by atoms with Gasteiger partial charge in [-0.3, -0.25) is 4.90 Å². The van der Waals surface area contributed by atoms with Gasteiger partial charge in [-0.15, -0.1) is 0 Å². The molecule has 3 aromatic rings. The van der Waals surface area contributed by atoms with E-state index in [4.69, 9.17) is 0 Å². The Kier molecular flexibility index (Phi) is 3.82. The van der Waals surface area contributed by atoms with E-state index in [9.17, 15) is 9.50 Å². The number of hydrogen-bond acceptors (Lipinski definition) is 2. The molecule has 3 aromatic carbocycles. The summed E-state index contributed by atoms with van der Waals surface area (Å²) in [6, 6.07) is 17.7. The third kappa shape index (κ3) is 2.44. The Labute approximate surface area is 129 Å². The minimum Gasteiger partial charge on any atom is -0.508 e. The van der Waals surface area contributed by atoms with Gasteiger partial charge in [0.25, 0.3) is 0 Å². The van der Waals surface area contributed by atoms with E-state index in [1.165, 1.54) is 6.07 Å². The molecule has 0 aliphatic carbocycles. The standard InChI is InChI=1S/C19H18FNO/c1-21(2)19(15-9-5-6-10-16(15)20)18-14-8-4-3-7-13(14)11-12-17(18)22/h3-12,19,22H,1-2H3. The van der Waals surface area contributed by atoms with E-state index in [0.717, 1.165) is 16.3 Å². The van der Waals surface area contributed by atoms with Crippen LogP contribution in [0.3, 0.4) is 0 Å². The van der Waals surface area contributed by atoms with Crippen molar-refractivity contribution in [2.24, 2.45) is 0 Å². The summed E-state index contributed by atoms with van der Waals surface area (Å²) in [5.41, 5.74) is 1.28. The van der Waals surface area contributed by atoms with Crippen molar-refractivity contribution in [3.05, 3.63) is 77.6 Å². The summed E-state index contributed by atoms with van der Waals surface area (Å²) in [7, 11) is 3.77. The van der Waals surface area contributed by atoms with Crippen molar-refractivity contribution in [2.75, 3.05) is 14.1 Å². The molecular weight excluding hydrogens is 277 g/mol. The summed E-state index contributed by atoms with van der Waals surface area (Å²) in [5, 5.41) is 12.4. The second kappa shape index (κ2) is 5.78. The fourth-order valence-corrected chi connectivity index (χ4v) is 2.96. The number of fused-ring (bicyclic) bond motifs is 1. The summed E-state index contributed by atoms with van der Waals surface area (Å²) in [6.45, 7) is 0. The molecule has 0 aliphatic heterocycles. The van der Waals surface area contributed by atoms with Gasteiger partial charge >= 0.3 is 0 Å². The van der Waals surface area contributed by atoms with Gasteiger partial charge in [-0.25, -0.2) is 4.39 Å². The highest BCUT2D eigenvalue weighted by atomic mass is 19.1. The highest BCUT2D eigenvalue weighted by Gasteiger charge is 2.24. The van der Waals surface area contributed by atoms with Crippen molar-refractivity contribution in [1.29, 1.82) is 0 Å². The molecule has 0 spiro atoms. The smallest absolute Gasteiger partial charge is 0.128 e. The Bertz CT molecular complexity index is 813. The number of aromatic hydroxyl groups is 1. The maximum absolute atomic E-state index is 14.3. The van der Waals surface area contributed by atoms with Gasteiger partial charge in [0.2, 0.25) is 0 Å². The molecule has 0 aromatic heterocycles. The highest BCUT2D eigenvalue weighted by molar-refractivity contribution is 5.88. The van der Waals surface area contributed by atoms with Crippen LogP contribution in [0.2, 0.25) is 0 Å². The fraction of sp³-hybridized carbons (Fsp3) is 0.158. The van der Waals surface area contributed by atoms with E-state index in [2.05, 4.69) is 0 Å². The molecule has 1 unspecified atom stereocenters. The van der Waals surface area contributed by atoms with Crippen LogP contribution in [-0.4, -0.2) is 24.1 Å². The number of hydrogen-bond donors (Lipinski definition) is 1. The lowest BCUT2D eigenvalue weighted by Gasteiger charge is -2.27. The average molecular weight is 295 g/mol. The second-order valence-electron chi connectivity index (χ2n) is 5.61. The predicted molar refractivity (Wildman–Crippen MR) is 87.5 cm³/mol. The molecule has 1 atom stereocenters. The first-order valence-electron chi connectivity index (χ1n) is 7.21. The van der Waals surface area contributed by atoms with Crippen LogP contribution in [0.25, 0.3) is 10.8 Å². The van der Waals surface area contributed by atoms with E-state index in [1.807, 2.05) is 55.4 Å². The van der Waals surface area contributed by atoms with Gasteiger partial charge in [0.15, 0.2) is 0 Å². The minimum atomic E-state index is -0.354. The molecule has 0 fully saturated rings. The Hall–Kier alpha value is -2.39. The van der Waals surface area contributed by atoms with Crippen molar-refractivity contribution >= 4 is 10.8 Å². The number of halogens is 1. The third-order valence-corrected chi connectivity index (χ3v) is 3.94. The average Bonchev–Trinajstić information content (AvgIpc) is 2.51. The molecule has 112 valence electrons. The van der Waals surface area contributed by atoms with E-state index in [0.29, 0.717) is 5.56 Å². The van der Waals surface area contributed by atoms with Crippen LogP contribution in [0.15, 0.2) is 60.7 Å². The Balaban J connectivity index is 2.31. The molecule has 0 aliphatic rings. The van der Waals surface area contributed by atoms with Gasteiger partial charge in [0.05, 0.1) is 6.04 Å². The molecule has 0 bridgehead atoms. The van der Waals surface area contributed by atoms with Gasteiger partial charge in [-0.05, 0) is 37.0 Å².